The van der Waals surface area contributed by atoms with E-state index in [-0.39, 0.29) is 0 Å². The molecule has 1 heterocycles. The van der Waals surface area contributed by atoms with Gasteiger partial charge in [-0.1, -0.05) is 25.7 Å². The van der Waals surface area contributed by atoms with Crippen LogP contribution in [0.4, 0.5) is 0 Å². The van der Waals surface area contributed by atoms with Gasteiger partial charge in [-0.2, -0.15) is 0 Å². The fraction of sp³-hybridized carbons (Fsp3) is 0.588. The lowest BCUT2D eigenvalue weighted by molar-refractivity contribution is 0.300. The Hall–Kier alpha value is -1.29. The molecule has 1 saturated heterocycles. The summed E-state index contributed by atoms with van der Waals surface area (Å²) < 4.78 is 0. The number of nitrogens with zero attached hydrogens (tertiary/aromatic N) is 2. The number of aliphatic imine (C=N–C) groups is 1. The van der Waals surface area contributed by atoms with Gasteiger partial charge in [-0.05, 0) is 51.4 Å². The van der Waals surface area contributed by atoms with Crippen molar-refractivity contribution < 1.29 is 0 Å². The molecule has 21 heavy (non-hydrogen) atoms. The molecular weight excluding hydrogens is 257 g/mol. The summed E-state index contributed by atoms with van der Waals surface area (Å²) in [6, 6.07) is 0.360. The van der Waals surface area contributed by atoms with Gasteiger partial charge in [0.2, 0.25) is 0 Å². The van der Waals surface area contributed by atoms with E-state index in [9.17, 15) is 0 Å². The summed E-state index contributed by atoms with van der Waals surface area (Å²) in [4.78, 5) is 6.87. The lowest BCUT2D eigenvalue weighted by Gasteiger charge is -2.20. The number of hydrogen-bond donors (Lipinski definition) is 1. The molecular formula is C17H28BN3. The van der Waals surface area contributed by atoms with E-state index < -0.39 is 0 Å². The Labute approximate surface area is 131 Å². The number of hydrogen-bond acceptors (Lipinski definition) is 3. The first-order chi connectivity index (χ1) is 9.99. The molecule has 0 saturated carbocycles. The number of allylic oxidation sites excluding steroid dienone is 2. The van der Waals surface area contributed by atoms with Crippen LogP contribution in [0.5, 0.6) is 0 Å². The van der Waals surface area contributed by atoms with Crippen LogP contribution in [0.3, 0.4) is 0 Å². The first-order valence-corrected chi connectivity index (χ1v) is 7.80. The van der Waals surface area contributed by atoms with E-state index >= 15 is 0 Å². The van der Waals surface area contributed by atoms with Crippen molar-refractivity contribution in [1.29, 1.82) is 0 Å². The molecule has 2 unspecified atom stereocenters. The second-order valence-electron chi connectivity index (χ2n) is 5.77. The predicted molar refractivity (Wildman–Crippen MR) is 93.7 cm³/mol. The van der Waals surface area contributed by atoms with Gasteiger partial charge in [-0.3, -0.25) is 9.89 Å². The lowest BCUT2D eigenvalue weighted by Crippen LogP contribution is -2.28. The molecule has 0 aromatic carbocycles. The second kappa shape index (κ2) is 8.88. The average molecular weight is 285 g/mol. The Bertz CT molecular complexity index is 437. The summed E-state index contributed by atoms with van der Waals surface area (Å²) in [5.41, 5.74) is 8.62. The molecule has 2 atom stereocenters. The van der Waals surface area contributed by atoms with Gasteiger partial charge >= 0.3 is 0 Å². The molecule has 114 valence electrons. The molecule has 0 bridgehead atoms. The zero-order valence-corrected chi connectivity index (χ0v) is 13.7. The van der Waals surface area contributed by atoms with Gasteiger partial charge in [0.25, 0.3) is 0 Å². The van der Waals surface area contributed by atoms with E-state index in [2.05, 4.69) is 36.4 Å². The Morgan fingerprint density at radius 3 is 2.81 bits per heavy atom. The van der Waals surface area contributed by atoms with Gasteiger partial charge in [0.15, 0.2) is 0 Å². The van der Waals surface area contributed by atoms with E-state index in [0.29, 0.717) is 11.9 Å². The van der Waals surface area contributed by atoms with Gasteiger partial charge in [0, 0.05) is 29.7 Å². The topological polar surface area (TPSA) is 41.6 Å². The molecule has 1 aliphatic rings. The van der Waals surface area contributed by atoms with Crippen molar-refractivity contribution in [2.24, 2.45) is 10.7 Å². The monoisotopic (exact) mass is 285 g/mol. The molecule has 1 rings (SSSR count). The maximum absolute atomic E-state index is 5.93. The fourth-order valence-corrected chi connectivity index (χ4v) is 2.59. The van der Waals surface area contributed by atoms with Crippen molar-refractivity contribution in [2.45, 2.75) is 51.9 Å². The highest BCUT2D eigenvalue weighted by atomic mass is 15.2. The van der Waals surface area contributed by atoms with Gasteiger partial charge in [0.1, 0.15) is 0 Å². The van der Waals surface area contributed by atoms with E-state index in [1.54, 1.807) is 6.20 Å². The highest BCUT2D eigenvalue weighted by molar-refractivity contribution is 6.12. The molecule has 0 aromatic heterocycles. The summed E-state index contributed by atoms with van der Waals surface area (Å²) in [5, 5.41) is 0. The van der Waals surface area contributed by atoms with Gasteiger partial charge in [-0.25, -0.2) is 0 Å². The third kappa shape index (κ3) is 5.54. The van der Waals surface area contributed by atoms with Crippen LogP contribution in [-0.2, 0) is 0 Å². The molecule has 4 heteroatoms. The summed E-state index contributed by atoms with van der Waals surface area (Å²) in [6.07, 6.45) is 8.67. The van der Waals surface area contributed by atoms with E-state index in [0.717, 1.165) is 49.2 Å². The number of nitrogens with two attached hydrogens (primary N) is 1. The summed E-state index contributed by atoms with van der Waals surface area (Å²) >= 11 is 0. The highest BCUT2D eigenvalue weighted by Crippen LogP contribution is 2.20. The molecule has 1 fully saturated rings. The van der Waals surface area contributed by atoms with Crippen LogP contribution in [0.2, 0.25) is 5.82 Å². The SMILES string of the molecule is [B]C1CCN(C(C)/C=C\N=C(C)C(=CN)C(=C)CCC)C1. The minimum absolute atomic E-state index is 0.315. The minimum Gasteiger partial charge on any atom is -0.404 e. The van der Waals surface area contributed by atoms with Crippen LogP contribution in [-0.4, -0.2) is 37.6 Å². The van der Waals surface area contributed by atoms with Crippen LogP contribution >= 0.6 is 0 Å². The van der Waals surface area contributed by atoms with Crippen LogP contribution in [0.15, 0.2) is 41.2 Å². The summed E-state index contributed by atoms with van der Waals surface area (Å²) in [5.74, 6) is 0.315. The first kappa shape index (κ1) is 17.8. The lowest BCUT2D eigenvalue weighted by atomic mass is 9.87. The molecule has 2 N–H and O–H groups in total. The molecule has 0 aromatic rings. The second-order valence-corrected chi connectivity index (χ2v) is 5.77. The van der Waals surface area contributed by atoms with E-state index in [1.807, 2.05) is 13.1 Å². The minimum atomic E-state index is 0.315. The van der Waals surface area contributed by atoms with Crippen molar-refractivity contribution >= 4 is 13.6 Å². The Morgan fingerprint density at radius 2 is 2.29 bits per heavy atom. The highest BCUT2D eigenvalue weighted by Gasteiger charge is 2.20. The molecule has 1 aliphatic heterocycles. The zero-order valence-electron chi connectivity index (χ0n) is 13.7. The maximum Gasteiger partial charge on any atom is 0.0717 e. The van der Waals surface area contributed by atoms with Crippen LogP contribution < -0.4 is 5.73 Å². The Morgan fingerprint density at radius 1 is 1.57 bits per heavy atom. The normalized spacial score (nSPS) is 22.9. The summed E-state index contributed by atoms with van der Waals surface area (Å²) in [7, 11) is 5.93. The van der Waals surface area contributed by atoms with Crippen LogP contribution in [0.1, 0.15) is 40.0 Å². The molecule has 0 aliphatic carbocycles. The van der Waals surface area contributed by atoms with Crippen molar-refractivity contribution in [3.63, 3.8) is 0 Å². The third-order valence-electron chi connectivity index (χ3n) is 3.95. The average Bonchev–Trinajstić information content (AvgIpc) is 2.86. The zero-order chi connectivity index (χ0) is 15.8. The summed E-state index contributed by atoms with van der Waals surface area (Å²) in [6.45, 7) is 12.4. The van der Waals surface area contributed by atoms with Gasteiger partial charge in [-0.15, -0.1) is 0 Å². The Kier molecular flexibility index (Phi) is 7.51. The molecule has 0 amide bonds. The quantitative estimate of drug-likeness (QED) is 0.443. The predicted octanol–water partition coefficient (Wildman–Crippen LogP) is 3.21. The number of rotatable bonds is 7. The first-order valence-electron chi connectivity index (χ1n) is 7.80. The van der Waals surface area contributed by atoms with Gasteiger partial charge in [0.05, 0.1) is 7.85 Å². The largest absolute Gasteiger partial charge is 0.404 e. The Balaban J connectivity index is 2.61. The van der Waals surface area contributed by atoms with Crippen LogP contribution in [0.25, 0.3) is 0 Å². The molecule has 2 radical (unpaired) electrons. The molecule has 3 nitrogen and oxygen atoms in total. The molecule has 0 spiro atoms. The van der Waals surface area contributed by atoms with Crippen molar-refractivity contribution in [2.75, 3.05) is 13.1 Å². The van der Waals surface area contributed by atoms with Crippen molar-refractivity contribution in [3.8, 4) is 0 Å². The van der Waals surface area contributed by atoms with E-state index in [4.69, 9.17) is 13.6 Å². The number of likely N-dealkylation sites (tertiary alicyclic amines) is 1. The van der Waals surface area contributed by atoms with Gasteiger partial charge < -0.3 is 5.73 Å². The van der Waals surface area contributed by atoms with E-state index in [1.165, 1.54) is 0 Å². The van der Waals surface area contributed by atoms with Crippen molar-refractivity contribution in [1.82, 2.24) is 4.90 Å². The standard InChI is InChI=1S/C17H28BN3/c1-5-6-13(2)17(11-19)15(4)20-9-7-14(3)21-10-8-16(18)12-21/h7,9,11,14,16H,2,5-6,8,10,12,19H2,1,3-4H3/b9-7-,17-11?,20-15?. The third-order valence-corrected chi connectivity index (χ3v) is 3.95. The maximum atomic E-state index is 5.93. The van der Waals surface area contributed by atoms with Crippen molar-refractivity contribution in [3.05, 3.63) is 36.2 Å². The fourth-order valence-electron chi connectivity index (χ4n) is 2.59. The van der Waals surface area contributed by atoms with Crippen LogP contribution in [0, 0.1) is 0 Å². The smallest absolute Gasteiger partial charge is 0.0717 e.